The van der Waals surface area contributed by atoms with Gasteiger partial charge in [0.1, 0.15) is 17.5 Å². The number of rotatable bonds is 6. The van der Waals surface area contributed by atoms with E-state index in [0.29, 0.717) is 17.9 Å². The fraction of sp³-hybridized carbons (Fsp3) is 0.438. The molecular weight excluding hydrogens is 327 g/mol. The van der Waals surface area contributed by atoms with Crippen LogP contribution in [0, 0.1) is 18.7 Å². The highest BCUT2D eigenvalue weighted by molar-refractivity contribution is 5.97. The van der Waals surface area contributed by atoms with Crippen LogP contribution in [0.25, 0.3) is 5.69 Å². The maximum atomic E-state index is 14.1. The first-order chi connectivity index (χ1) is 11.8. The smallest absolute Gasteiger partial charge is 0.246 e. The van der Waals surface area contributed by atoms with Gasteiger partial charge in [-0.25, -0.2) is 4.39 Å². The van der Waals surface area contributed by atoms with Crippen LogP contribution in [0.2, 0.25) is 0 Å². The third kappa shape index (κ3) is 4.82. The molecule has 2 amide bonds. The van der Waals surface area contributed by atoms with Crippen LogP contribution in [0.1, 0.15) is 33.0 Å². The van der Waals surface area contributed by atoms with Gasteiger partial charge in [0.25, 0.3) is 0 Å². The Morgan fingerprint density at radius 2 is 2.04 bits per heavy atom. The highest BCUT2D eigenvalue weighted by Gasteiger charge is 2.21. The Morgan fingerprint density at radius 1 is 1.32 bits per heavy atom. The second-order valence-corrected chi connectivity index (χ2v) is 6.18. The van der Waals surface area contributed by atoms with Crippen LogP contribution in [0.5, 0.6) is 0 Å². The number of benzene rings is 1. The van der Waals surface area contributed by atoms with E-state index in [1.165, 1.54) is 29.8 Å². The fourth-order valence-corrected chi connectivity index (χ4v) is 2.38. The molecule has 9 heteroatoms. The van der Waals surface area contributed by atoms with Crippen LogP contribution in [-0.2, 0) is 9.59 Å². The van der Waals surface area contributed by atoms with Crippen LogP contribution < -0.4 is 10.6 Å². The van der Waals surface area contributed by atoms with E-state index in [0.717, 1.165) is 0 Å². The number of nitrogens with one attached hydrogen (secondary N) is 2. The summed E-state index contributed by atoms with van der Waals surface area (Å²) in [4.78, 5) is 23.8. The lowest BCUT2D eigenvalue weighted by atomic mass is 10.0. The molecule has 0 saturated carbocycles. The number of amides is 2. The fourth-order valence-electron chi connectivity index (χ4n) is 2.38. The van der Waals surface area contributed by atoms with Crippen molar-refractivity contribution >= 4 is 17.5 Å². The van der Waals surface area contributed by atoms with E-state index < -0.39 is 11.9 Å². The van der Waals surface area contributed by atoms with Gasteiger partial charge in [0, 0.05) is 12.6 Å². The lowest BCUT2D eigenvalue weighted by Crippen LogP contribution is -2.43. The van der Waals surface area contributed by atoms with E-state index in [1.54, 1.807) is 6.92 Å². The Kier molecular flexibility index (Phi) is 5.79. The molecule has 0 saturated heterocycles. The number of hydrogen-bond acceptors (Lipinski definition) is 5. The highest BCUT2D eigenvalue weighted by Crippen LogP contribution is 2.19. The van der Waals surface area contributed by atoms with Gasteiger partial charge in [-0.2, -0.15) is 4.68 Å². The molecule has 0 unspecified atom stereocenters. The second kappa shape index (κ2) is 7.82. The van der Waals surface area contributed by atoms with Gasteiger partial charge in [-0.1, -0.05) is 13.8 Å². The molecule has 0 aliphatic rings. The van der Waals surface area contributed by atoms with E-state index in [4.69, 9.17) is 0 Å². The van der Waals surface area contributed by atoms with E-state index in [2.05, 4.69) is 26.2 Å². The molecule has 0 radical (unpaired) electrons. The van der Waals surface area contributed by atoms with Crippen molar-refractivity contribution in [2.45, 2.75) is 40.2 Å². The largest absolute Gasteiger partial charge is 0.345 e. The molecule has 2 aromatic rings. The van der Waals surface area contributed by atoms with Gasteiger partial charge in [-0.05, 0) is 47.9 Å². The molecule has 0 bridgehead atoms. The third-order valence-corrected chi connectivity index (χ3v) is 3.47. The van der Waals surface area contributed by atoms with Crippen LogP contribution in [-0.4, -0.2) is 38.1 Å². The predicted octanol–water partition coefficient (Wildman–Crippen LogP) is 1.60. The van der Waals surface area contributed by atoms with Gasteiger partial charge in [0.2, 0.25) is 11.8 Å². The molecule has 2 rings (SSSR count). The number of hydrogen-bond donors (Lipinski definition) is 2. The van der Waals surface area contributed by atoms with E-state index in [9.17, 15) is 14.0 Å². The van der Waals surface area contributed by atoms with Crippen LogP contribution in [0.4, 0.5) is 10.1 Å². The number of carbonyl (C=O) groups is 2. The second-order valence-electron chi connectivity index (χ2n) is 6.18. The minimum Gasteiger partial charge on any atom is -0.345 e. The summed E-state index contributed by atoms with van der Waals surface area (Å²) < 4.78 is 15.3. The normalized spacial score (nSPS) is 12.1. The maximum Gasteiger partial charge on any atom is 0.246 e. The Bertz CT molecular complexity index is 774. The van der Waals surface area contributed by atoms with Gasteiger partial charge in [-0.3, -0.25) is 9.59 Å². The topological polar surface area (TPSA) is 102 Å². The Balaban J connectivity index is 2.22. The molecule has 25 heavy (non-hydrogen) atoms. The molecule has 1 heterocycles. The molecule has 0 spiro atoms. The summed E-state index contributed by atoms with van der Waals surface area (Å²) in [5.41, 5.74) is 0.510. The molecule has 1 aromatic carbocycles. The van der Waals surface area contributed by atoms with Crippen LogP contribution in [0.3, 0.4) is 0 Å². The zero-order valence-corrected chi connectivity index (χ0v) is 14.6. The highest BCUT2D eigenvalue weighted by atomic mass is 19.1. The minimum atomic E-state index is -0.666. The third-order valence-electron chi connectivity index (χ3n) is 3.47. The zero-order chi connectivity index (χ0) is 18.6. The average molecular weight is 348 g/mol. The number of tetrazole rings is 1. The lowest BCUT2D eigenvalue weighted by Gasteiger charge is -2.19. The molecule has 0 aliphatic carbocycles. The summed E-state index contributed by atoms with van der Waals surface area (Å²) in [5, 5.41) is 16.3. The summed E-state index contributed by atoms with van der Waals surface area (Å²) in [6, 6.07) is 3.44. The molecule has 8 nitrogen and oxygen atoms in total. The van der Waals surface area contributed by atoms with Crippen molar-refractivity contribution in [3.8, 4) is 5.69 Å². The summed E-state index contributed by atoms with van der Waals surface area (Å²) in [5.74, 6) is -0.539. The van der Waals surface area contributed by atoms with Gasteiger partial charge >= 0.3 is 0 Å². The molecule has 0 fully saturated rings. The lowest BCUT2D eigenvalue weighted by molar-refractivity contribution is -0.125. The molecular formula is C16H21FN6O2. The summed E-state index contributed by atoms with van der Waals surface area (Å²) >= 11 is 0. The quantitative estimate of drug-likeness (QED) is 0.825. The number of anilines is 1. The van der Waals surface area contributed by atoms with Crippen molar-refractivity contribution in [1.82, 2.24) is 25.5 Å². The van der Waals surface area contributed by atoms with E-state index in [-0.39, 0.29) is 23.4 Å². The Morgan fingerprint density at radius 3 is 2.60 bits per heavy atom. The van der Waals surface area contributed by atoms with Crippen molar-refractivity contribution < 1.29 is 14.0 Å². The first-order valence-corrected chi connectivity index (χ1v) is 7.90. The van der Waals surface area contributed by atoms with Crippen LogP contribution >= 0.6 is 0 Å². The summed E-state index contributed by atoms with van der Waals surface area (Å²) in [6.45, 7) is 6.91. The predicted molar refractivity (Wildman–Crippen MR) is 89.5 cm³/mol. The van der Waals surface area contributed by atoms with Crippen molar-refractivity contribution in [2.24, 2.45) is 5.92 Å². The summed E-state index contributed by atoms with van der Waals surface area (Å²) in [6.07, 6.45) is 0.492. The SMILES string of the molecule is CC(=O)N[C@@H](CC(C)C)C(=O)Nc1ccc(F)c(-n2nnnc2C)c1. The van der Waals surface area contributed by atoms with Crippen LogP contribution in [0.15, 0.2) is 18.2 Å². The number of halogens is 1. The van der Waals surface area contributed by atoms with Crippen molar-refractivity contribution in [3.05, 3.63) is 29.8 Å². The van der Waals surface area contributed by atoms with Crippen molar-refractivity contribution in [3.63, 3.8) is 0 Å². The Labute approximate surface area is 144 Å². The molecule has 134 valence electrons. The molecule has 0 aliphatic heterocycles. The van der Waals surface area contributed by atoms with Crippen molar-refractivity contribution in [2.75, 3.05) is 5.32 Å². The molecule has 1 atom stereocenters. The van der Waals surface area contributed by atoms with Gasteiger partial charge in [-0.15, -0.1) is 5.10 Å². The molecule has 2 N–H and O–H groups in total. The minimum absolute atomic E-state index is 0.125. The van der Waals surface area contributed by atoms with Gasteiger partial charge < -0.3 is 10.6 Å². The Hall–Kier alpha value is -2.84. The number of aryl methyl sites for hydroxylation is 1. The molecule has 1 aromatic heterocycles. The zero-order valence-electron chi connectivity index (χ0n) is 14.6. The van der Waals surface area contributed by atoms with E-state index >= 15 is 0 Å². The monoisotopic (exact) mass is 348 g/mol. The van der Waals surface area contributed by atoms with E-state index in [1.807, 2.05) is 13.8 Å². The first kappa shape index (κ1) is 18.5. The average Bonchev–Trinajstić information content (AvgIpc) is 2.93. The maximum absolute atomic E-state index is 14.1. The van der Waals surface area contributed by atoms with Gasteiger partial charge in [0.15, 0.2) is 5.82 Å². The first-order valence-electron chi connectivity index (χ1n) is 7.90. The number of aromatic nitrogens is 4. The number of nitrogens with zero attached hydrogens (tertiary/aromatic N) is 4. The summed E-state index contributed by atoms with van der Waals surface area (Å²) in [7, 11) is 0. The van der Waals surface area contributed by atoms with Gasteiger partial charge in [0.05, 0.1) is 0 Å². The number of carbonyl (C=O) groups excluding carboxylic acids is 2. The van der Waals surface area contributed by atoms with Crippen molar-refractivity contribution in [1.29, 1.82) is 0 Å². The standard InChI is InChI=1S/C16H21FN6O2/c1-9(2)7-14(18-11(4)24)16(25)19-12-5-6-13(17)15(8-12)23-10(3)20-21-22-23/h5-6,8-9,14H,7H2,1-4H3,(H,18,24)(H,19,25)/t14-/m0/s1.